The molecule has 2 amide bonds. The third-order valence-electron chi connectivity index (χ3n) is 7.85. The summed E-state index contributed by atoms with van der Waals surface area (Å²) in [6.07, 6.45) is 6.48. The van der Waals surface area contributed by atoms with Crippen molar-refractivity contribution in [3.8, 4) is 5.75 Å². The van der Waals surface area contributed by atoms with Crippen LogP contribution >= 0.6 is 13.5 Å². The van der Waals surface area contributed by atoms with Crippen LogP contribution in [0, 0.1) is 6.92 Å². The largest absolute Gasteiger partial charge is 0.485 e. The number of nitrogens with one attached hydrogen (secondary N) is 2. The van der Waals surface area contributed by atoms with Crippen LogP contribution in [0.15, 0.2) is 47.5 Å². The molecule has 4 heterocycles. The fraction of sp³-hybridized carbons (Fsp3) is 0.467. The van der Waals surface area contributed by atoms with E-state index in [9.17, 15) is 14.7 Å². The molecular weight excluding hydrogens is 556 g/mol. The van der Waals surface area contributed by atoms with Crippen molar-refractivity contribution < 1.29 is 23.8 Å². The summed E-state index contributed by atoms with van der Waals surface area (Å²) in [6, 6.07) is 7.66. The number of hydrogen-bond donors (Lipinski definition) is 3. The fourth-order valence-corrected chi connectivity index (χ4v) is 5.53. The predicted molar refractivity (Wildman–Crippen MR) is 163 cm³/mol. The van der Waals surface area contributed by atoms with Gasteiger partial charge >= 0.3 is 0 Å². The van der Waals surface area contributed by atoms with Crippen molar-refractivity contribution in [2.24, 2.45) is 0 Å². The molecule has 12 heteroatoms. The number of aliphatic hydroxyl groups is 1. The van der Waals surface area contributed by atoms with E-state index in [-0.39, 0.29) is 37.9 Å². The van der Waals surface area contributed by atoms with E-state index in [1.807, 2.05) is 11.0 Å². The molecule has 3 N–H and O–H groups in total. The summed E-state index contributed by atoms with van der Waals surface area (Å²) in [6.45, 7) is 7.60. The number of aromatic nitrogens is 2. The molecule has 0 unspecified atom stereocenters. The highest BCUT2D eigenvalue weighted by molar-refractivity contribution is 7.59. The van der Waals surface area contributed by atoms with Crippen molar-refractivity contribution in [2.75, 3.05) is 38.0 Å². The molecule has 2 aliphatic heterocycles. The molecule has 1 aromatic carbocycles. The first-order valence-corrected chi connectivity index (χ1v) is 14.1. The van der Waals surface area contributed by atoms with Crippen LogP contribution in [-0.4, -0.2) is 81.6 Å². The third-order valence-corrected chi connectivity index (χ3v) is 7.85. The minimum absolute atomic E-state index is 0. The van der Waals surface area contributed by atoms with Gasteiger partial charge in [0.05, 0.1) is 12.3 Å². The molecular formula is C30H40N6O5S. The molecule has 0 aliphatic carbocycles. The summed E-state index contributed by atoms with van der Waals surface area (Å²) in [5.41, 5.74) is 4.12. The number of rotatable bonds is 10. The highest BCUT2D eigenvalue weighted by Crippen LogP contribution is 2.30. The molecule has 0 saturated carbocycles. The normalized spacial score (nSPS) is 16.2. The lowest BCUT2D eigenvalue weighted by Crippen LogP contribution is -2.42. The second-order valence-corrected chi connectivity index (χ2v) is 10.8. The summed E-state index contributed by atoms with van der Waals surface area (Å²) in [5.74, 6) is 2.00. The lowest BCUT2D eigenvalue weighted by Gasteiger charge is -2.32. The van der Waals surface area contributed by atoms with E-state index in [4.69, 9.17) is 9.15 Å². The van der Waals surface area contributed by atoms with Crippen molar-refractivity contribution in [3.63, 3.8) is 0 Å². The van der Waals surface area contributed by atoms with Crippen LogP contribution in [0.3, 0.4) is 0 Å². The Hall–Kier alpha value is -3.61. The van der Waals surface area contributed by atoms with E-state index in [0.717, 1.165) is 43.7 Å². The first-order chi connectivity index (χ1) is 19.9. The molecule has 1 atom stereocenters. The molecule has 3 aromatic rings. The minimum atomic E-state index is -0.697. The van der Waals surface area contributed by atoms with Crippen molar-refractivity contribution in [1.29, 1.82) is 0 Å². The summed E-state index contributed by atoms with van der Waals surface area (Å²) >= 11 is 0. The number of β-amino-alcohol motifs (C(OH)–C–C–N with tert-alkyl or cyclic N) is 1. The highest BCUT2D eigenvalue weighted by Gasteiger charge is 2.23. The summed E-state index contributed by atoms with van der Waals surface area (Å²) in [4.78, 5) is 36.7. The predicted octanol–water partition coefficient (Wildman–Crippen LogP) is 2.64. The first kappa shape index (κ1) is 31.3. The van der Waals surface area contributed by atoms with Crippen molar-refractivity contribution in [3.05, 3.63) is 71.1 Å². The summed E-state index contributed by atoms with van der Waals surface area (Å²) in [5, 5.41) is 16.9. The van der Waals surface area contributed by atoms with Crippen molar-refractivity contribution >= 4 is 31.1 Å². The molecule has 42 heavy (non-hydrogen) atoms. The number of ether oxygens (including phenoxy) is 1. The Bertz CT molecular complexity index is 1350. The fourth-order valence-electron chi connectivity index (χ4n) is 5.53. The molecule has 0 radical (unpaired) electrons. The zero-order valence-corrected chi connectivity index (χ0v) is 25.1. The number of oxazole rings is 1. The molecule has 2 aliphatic rings. The quantitative estimate of drug-likeness (QED) is 0.323. The van der Waals surface area contributed by atoms with E-state index in [0.29, 0.717) is 43.4 Å². The van der Waals surface area contributed by atoms with Crippen molar-refractivity contribution in [1.82, 2.24) is 25.1 Å². The number of benzene rings is 1. The van der Waals surface area contributed by atoms with Gasteiger partial charge in [-0.25, -0.2) is 9.97 Å². The van der Waals surface area contributed by atoms with Gasteiger partial charge in [-0.2, -0.15) is 13.5 Å². The van der Waals surface area contributed by atoms with Crippen LogP contribution in [-0.2, 0) is 24.4 Å². The minimum Gasteiger partial charge on any atom is -0.485 e. The Labute approximate surface area is 253 Å². The van der Waals surface area contributed by atoms with E-state index in [1.165, 1.54) is 17.5 Å². The SMILES string of the molecule is CC(=O)N1CCC(Nc2cc(C(=O)NC[C@H](O)CN3CCc4c(ccc(OCc5cnco5)c4C)C3)ccn2)CC1.S. The molecule has 11 nitrogen and oxygen atoms in total. The van der Waals surface area contributed by atoms with Gasteiger partial charge < -0.3 is 29.8 Å². The number of nitrogens with zero attached hydrogens (tertiary/aromatic N) is 4. The number of carbonyl (C=O) groups excluding carboxylic acids is 2. The highest BCUT2D eigenvalue weighted by atomic mass is 32.1. The number of hydrogen-bond acceptors (Lipinski definition) is 9. The van der Waals surface area contributed by atoms with Gasteiger partial charge in [-0.3, -0.25) is 14.5 Å². The van der Waals surface area contributed by atoms with E-state index < -0.39 is 6.10 Å². The smallest absolute Gasteiger partial charge is 0.251 e. The monoisotopic (exact) mass is 596 g/mol. The van der Waals surface area contributed by atoms with Gasteiger partial charge in [-0.1, -0.05) is 6.07 Å². The zero-order valence-electron chi connectivity index (χ0n) is 24.1. The number of pyridine rings is 1. The van der Waals surface area contributed by atoms with Gasteiger partial charge in [0.2, 0.25) is 5.91 Å². The average molecular weight is 597 g/mol. The summed E-state index contributed by atoms with van der Waals surface area (Å²) < 4.78 is 11.2. The lowest BCUT2D eigenvalue weighted by atomic mass is 9.94. The van der Waals surface area contributed by atoms with Gasteiger partial charge in [0.15, 0.2) is 12.2 Å². The second-order valence-electron chi connectivity index (χ2n) is 10.8. The van der Waals surface area contributed by atoms with Crippen molar-refractivity contribution in [2.45, 2.75) is 58.4 Å². The van der Waals surface area contributed by atoms with Crippen LogP contribution in [0.4, 0.5) is 5.82 Å². The van der Waals surface area contributed by atoms with Gasteiger partial charge in [-0.05, 0) is 61.1 Å². The van der Waals surface area contributed by atoms with E-state index >= 15 is 0 Å². The average Bonchev–Trinajstić information content (AvgIpc) is 3.50. The third kappa shape index (κ3) is 8.02. The zero-order chi connectivity index (χ0) is 28.8. The Morgan fingerprint density at radius 2 is 2.02 bits per heavy atom. The maximum absolute atomic E-state index is 12.8. The van der Waals surface area contributed by atoms with Gasteiger partial charge in [-0.15, -0.1) is 0 Å². The topological polar surface area (TPSA) is 133 Å². The molecule has 5 rings (SSSR count). The molecule has 0 bridgehead atoms. The number of fused-ring (bicyclic) bond motifs is 1. The first-order valence-electron chi connectivity index (χ1n) is 14.1. The van der Waals surface area contributed by atoms with Crippen LogP contribution in [0.5, 0.6) is 5.75 Å². The van der Waals surface area contributed by atoms with Gasteiger partial charge in [0, 0.05) is 64.0 Å². The van der Waals surface area contributed by atoms with E-state index in [1.54, 1.807) is 31.5 Å². The second kappa shape index (κ2) is 14.5. The Morgan fingerprint density at radius 3 is 2.76 bits per heavy atom. The summed E-state index contributed by atoms with van der Waals surface area (Å²) in [7, 11) is 0. The number of piperidine rings is 1. The van der Waals surface area contributed by atoms with E-state index in [2.05, 4.69) is 38.5 Å². The maximum atomic E-state index is 12.8. The van der Waals surface area contributed by atoms with Gasteiger partial charge in [0.1, 0.15) is 18.2 Å². The standard InChI is InChI=1S/C30H38N6O5.H2S/c1-20-27-8-10-35(16-23(27)3-4-28(20)40-18-26-15-31-19-41-26)17-25(38)14-33-30(39)22-5-9-32-29(13-22)34-24-6-11-36(12-7-24)21(2)37;/h3-5,9,13,15,19,24-25,38H,6-8,10-12,14,16-18H2,1-2H3,(H,32,34)(H,33,39);1H2/t25-;/m0./s1. The Kier molecular flexibility index (Phi) is 10.8. The molecule has 1 saturated heterocycles. The van der Waals surface area contributed by atoms with Gasteiger partial charge in [0.25, 0.3) is 5.91 Å². The molecule has 1 fully saturated rings. The number of carbonyl (C=O) groups is 2. The van der Waals surface area contributed by atoms with Crippen LogP contribution < -0.4 is 15.4 Å². The molecule has 226 valence electrons. The number of likely N-dealkylation sites (tertiary alicyclic amines) is 1. The van der Waals surface area contributed by atoms with Crippen LogP contribution in [0.2, 0.25) is 0 Å². The Balaban J connectivity index is 0.00000405. The lowest BCUT2D eigenvalue weighted by molar-refractivity contribution is -0.129. The molecule has 0 spiro atoms. The molecule has 2 aromatic heterocycles. The number of anilines is 1. The van der Waals surface area contributed by atoms with Crippen LogP contribution in [0.25, 0.3) is 0 Å². The number of amides is 2. The van der Waals surface area contributed by atoms with Crippen LogP contribution in [0.1, 0.15) is 52.6 Å². The Morgan fingerprint density at radius 1 is 1.21 bits per heavy atom. The maximum Gasteiger partial charge on any atom is 0.251 e. The number of aliphatic hydroxyl groups excluding tert-OH is 1.